The smallest absolute Gasteiger partial charge is 0.327 e. The van der Waals surface area contributed by atoms with E-state index in [1.165, 1.54) is 0 Å². The van der Waals surface area contributed by atoms with Crippen LogP contribution in [0.25, 0.3) is 0 Å². The normalized spacial score (nSPS) is 14.0. The van der Waals surface area contributed by atoms with Crippen LogP contribution in [-0.2, 0) is 24.0 Å². The SMILES string of the molecule is NCCCCC(NC(=O)C(CCCN=C(N)N)NC(=O)C(N)CC(=O)O)C(=O)NC(CS)C(=O)O. The van der Waals surface area contributed by atoms with Crippen LogP contribution >= 0.6 is 12.6 Å². The number of carboxylic acids is 2. The van der Waals surface area contributed by atoms with E-state index in [0.29, 0.717) is 19.4 Å². The van der Waals surface area contributed by atoms with Gasteiger partial charge in [0.2, 0.25) is 17.7 Å². The summed E-state index contributed by atoms with van der Waals surface area (Å²) in [5, 5.41) is 25.2. The minimum Gasteiger partial charge on any atom is -0.481 e. The highest BCUT2D eigenvalue weighted by molar-refractivity contribution is 7.80. The van der Waals surface area contributed by atoms with E-state index in [2.05, 4.69) is 33.6 Å². The number of aliphatic carboxylic acids is 2. The first-order chi connectivity index (χ1) is 16.4. The Bertz CT molecular complexity index is 763. The van der Waals surface area contributed by atoms with Crippen LogP contribution in [0.15, 0.2) is 4.99 Å². The Kier molecular flexibility index (Phi) is 15.8. The molecular formula is C19H36N8O7S. The summed E-state index contributed by atoms with van der Waals surface area (Å²) in [6.45, 7) is 0.493. The third-order valence-corrected chi connectivity index (χ3v) is 5.05. The largest absolute Gasteiger partial charge is 0.481 e. The number of nitrogens with one attached hydrogen (secondary N) is 3. The average molecular weight is 521 g/mol. The summed E-state index contributed by atoms with van der Waals surface area (Å²) >= 11 is 3.90. The number of guanidine groups is 1. The molecule has 0 bridgehead atoms. The molecule has 0 aromatic rings. The van der Waals surface area contributed by atoms with Gasteiger partial charge in [0, 0.05) is 12.3 Å². The van der Waals surface area contributed by atoms with E-state index >= 15 is 0 Å². The van der Waals surface area contributed by atoms with Crippen LogP contribution < -0.4 is 38.9 Å². The molecule has 35 heavy (non-hydrogen) atoms. The van der Waals surface area contributed by atoms with Gasteiger partial charge in [-0.2, -0.15) is 12.6 Å². The van der Waals surface area contributed by atoms with Crippen LogP contribution in [0.2, 0.25) is 0 Å². The van der Waals surface area contributed by atoms with E-state index in [1.807, 2.05) is 0 Å². The zero-order valence-corrected chi connectivity index (χ0v) is 20.2. The van der Waals surface area contributed by atoms with Crippen LogP contribution in [0, 0.1) is 0 Å². The number of rotatable bonds is 18. The van der Waals surface area contributed by atoms with Crippen molar-refractivity contribution in [3.8, 4) is 0 Å². The minimum atomic E-state index is -1.41. The molecule has 3 amide bonds. The van der Waals surface area contributed by atoms with E-state index in [0.717, 1.165) is 0 Å². The Labute approximate surface area is 208 Å². The number of carbonyl (C=O) groups is 5. The molecule has 0 aliphatic heterocycles. The second-order valence-electron chi connectivity index (χ2n) is 7.64. The number of carbonyl (C=O) groups excluding carboxylic acids is 3. The number of unbranched alkanes of at least 4 members (excludes halogenated alkanes) is 1. The summed E-state index contributed by atoms with van der Waals surface area (Å²) in [7, 11) is 0. The Morgan fingerprint density at radius 3 is 1.80 bits per heavy atom. The predicted molar refractivity (Wildman–Crippen MR) is 130 cm³/mol. The molecule has 15 nitrogen and oxygen atoms in total. The van der Waals surface area contributed by atoms with Gasteiger partial charge in [0.25, 0.3) is 0 Å². The maximum Gasteiger partial charge on any atom is 0.327 e. The summed E-state index contributed by atoms with van der Waals surface area (Å²) < 4.78 is 0. The van der Waals surface area contributed by atoms with Gasteiger partial charge in [-0.3, -0.25) is 24.2 Å². The topological polar surface area (TPSA) is 278 Å². The van der Waals surface area contributed by atoms with Gasteiger partial charge < -0.3 is 49.1 Å². The number of nitrogens with zero attached hydrogens (tertiary/aromatic N) is 1. The van der Waals surface area contributed by atoms with Crippen LogP contribution in [0.1, 0.15) is 38.5 Å². The first-order valence-corrected chi connectivity index (χ1v) is 11.5. The first-order valence-electron chi connectivity index (χ1n) is 10.9. The molecule has 0 aromatic carbocycles. The molecule has 4 atom stereocenters. The van der Waals surface area contributed by atoms with Gasteiger partial charge in [0.15, 0.2) is 5.96 Å². The summed E-state index contributed by atoms with van der Waals surface area (Å²) in [5.74, 6) is -5.30. The summed E-state index contributed by atoms with van der Waals surface area (Å²) in [4.78, 5) is 63.8. The second kappa shape index (κ2) is 17.3. The van der Waals surface area contributed by atoms with E-state index in [4.69, 9.17) is 33.1 Å². The quantitative estimate of drug-likeness (QED) is 0.0365. The van der Waals surface area contributed by atoms with Crippen molar-refractivity contribution in [1.29, 1.82) is 0 Å². The van der Waals surface area contributed by atoms with E-state index in [-0.39, 0.29) is 37.5 Å². The lowest BCUT2D eigenvalue weighted by Gasteiger charge is -2.25. The molecule has 0 saturated heterocycles. The molecule has 0 rings (SSSR count). The Hall–Kier alpha value is -3.11. The van der Waals surface area contributed by atoms with Crippen molar-refractivity contribution in [3.05, 3.63) is 0 Å². The number of hydrogen-bond acceptors (Lipinski definition) is 9. The van der Waals surface area contributed by atoms with Gasteiger partial charge in [0.1, 0.15) is 18.1 Å². The van der Waals surface area contributed by atoms with Gasteiger partial charge in [-0.05, 0) is 38.6 Å². The van der Waals surface area contributed by atoms with Gasteiger partial charge in [-0.1, -0.05) is 0 Å². The Morgan fingerprint density at radius 1 is 0.829 bits per heavy atom. The van der Waals surface area contributed by atoms with Crippen molar-refractivity contribution in [3.63, 3.8) is 0 Å². The molecule has 0 spiro atoms. The molecule has 0 aliphatic carbocycles. The van der Waals surface area contributed by atoms with Crippen LogP contribution in [0.4, 0.5) is 0 Å². The molecule has 0 fully saturated rings. The van der Waals surface area contributed by atoms with Gasteiger partial charge >= 0.3 is 11.9 Å². The van der Waals surface area contributed by atoms with Gasteiger partial charge in [-0.15, -0.1) is 0 Å². The summed E-state index contributed by atoms with van der Waals surface area (Å²) in [5.41, 5.74) is 21.6. The predicted octanol–water partition coefficient (Wildman–Crippen LogP) is -3.56. The second-order valence-corrected chi connectivity index (χ2v) is 8.01. The fourth-order valence-corrected chi connectivity index (χ4v) is 3.07. The summed E-state index contributed by atoms with van der Waals surface area (Å²) in [6, 6.07) is -5.00. The molecule has 13 N–H and O–H groups in total. The minimum absolute atomic E-state index is 0.0413. The van der Waals surface area contributed by atoms with E-state index in [1.54, 1.807) is 0 Å². The lowest BCUT2D eigenvalue weighted by molar-refractivity contribution is -0.141. The molecule has 200 valence electrons. The lowest BCUT2D eigenvalue weighted by atomic mass is 10.1. The number of amides is 3. The molecule has 0 aliphatic rings. The number of aliphatic imine (C=N–C) groups is 1. The van der Waals surface area contributed by atoms with Gasteiger partial charge in [0.05, 0.1) is 12.5 Å². The highest BCUT2D eigenvalue weighted by Gasteiger charge is 2.30. The maximum atomic E-state index is 13.0. The number of hydrogen-bond donors (Lipinski definition) is 10. The zero-order chi connectivity index (χ0) is 27.0. The number of thiol groups is 1. The Balaban J connectivity index is 5.54. The van der Waals surface area contributed by atoms with Crippen LogP contribution in [-0.4, -0.2) is 88.8 Å². The van der Waals surface area contributed by atoms with E-state index in [9.17, 15) is 24.0 Å². The lowest BCUT2D eigenvalue weighted by Crippen LogP contribution is -2.57. The summed E-state index contributed by atoms with van der Waals surface area (Å²) in [6.07, 6.45) is 0.810. The van der Waals surface area contributed by atoms with Crippen molar-refractivity contribution >= 4 is 48.2 Å². The number of nitrogens with two attached hydrogens (primary N) is 4. The fourth-order valence-electron chi connectivity index (χ4n) is 2.82. The first kappa shape index (κ1) is 31.9. The number of carboxylic acid groups (broad SMARTS) is 2. The molecule has 0 radical (unpaired) electrons. The highest BCUT2D eigenvalue weighted by Crippen LogP contribution is 2.06. The molecular weight excluding hydrogens is 484 g/mol. The monoisotopic (exact) mass is 520 g/mol. The Morgan fingerprint density at radius 2 is 1.34 bits per heavy atom. The maximum absolute atomic E-state index is 13.0. The fraction of sp³-hybridized carbons (Fsp3) is 0.684. The highest BCUT2D eigenvalue weighted by atomic mass is 32.1. The van der Waals surface area contributed by atoms with Crippen molar-refractivity contribution < 1.29 is 34.2 Å². The standard InChI is InChI=1S/C19H36N8O7S/c20-6-2-1-4-11(17(32)27-13(9-35)18(33)34)26-16(31)12(5-3-7-24-19(22)23)25-15(30)10(21)8-14(28)29/h10-13,35H,1-9,20-21H2,(H,25,30)(H,26,31)(H,27,32)(H,28,29)(H,33,34)(H4,22,23,24). The molecule has 0 aromatic heterocycles. The molecule has 16 heteroatoms. The third kappa shape index (κ3) is 14.0. The molecule has 4 unspecified atom stereocenters. The van der Waals surface area contributed by atoms with Crippen molar-refractivity contribution in [1.82, 2.24) is 16.0 Å². The van der Waals surface area contributed by atoms with E-state index < -0.39 is 60.2 Å². The van der Waals surface area contributed by atoms with Crippen molar-refractivity contribution in [2.45, 2.75) is 62.7 Å². The zero-order valence-electron chi connectivity index (χ0n) is 19.3. The van der Waals surface area contributed by atoms with Crippen molar-refractivity contribution in [2.24, 2.45) is 27.9 Å². The molecule has 0 saturated carbocycles. The van der Waals surface area contributed by atoms with Crippen molar-refractivity contribution in [2.75, 3.05) is 18.8 Å². The molecule has 0 heterocycles. The van der Waals surface area contributed by atoms with Crippen LogP contribution in [0.5, 0.6) is 0 Å². The third-order valence-electron chi connectivity index (χ3n) is 4.69. The van der Waals surface area contributed by atoms with Gasteiger partial charge in [-0.25, -0.2) is 4.79 Å². The average Bonchev–Trinajstić information content (AvgIpc) is 2.77. The van der Waals surface area contributed by atoms with Crippen LogP contribution in [0.3, 0.4) is 0 Å².